The first-order chi connectivity index (χ1) is 11.2. The van der Waals surface area contributed by atoms with Gasteiger partial charge in [0, 0.05) is 43.8 Å². The van der Waals surface area contributed by atoms with Gasteiger partial charge in [0.05, 0.1) is 11.1 Å². The van der Waals surface area contributed by atoms with E-state index in [2.05, 4.69) is 39.6 Å². The van der Waals surface area contributed by atoms with Crippen molar-refractivity contribution in [2.75, 3.05) is 32.7 Å². The molecule has 5 heteroatoms. The maximum Gasteiger partial charge on any atom is 0.123 e. The maximum absolute atomic E-state index is 13.9. The van der Waals surface area contributed by atoms with Crippen molar-refractivity contribution in [1.82, 2.24) is 14.4 Å². The minimum absolute atomic E-state index is 0.131. The number of aromatic nitrogens is 1. The zero-order valence-electron chi connectivity index (χ0n) is 13.4. The van der Waals surface area contributed by atoms with E-state index in [0.29, 0.717) is 0 Å². The largest absolute Gasteiger partial charge is 0.341 e. The summed E-state index contributed by atoms with van der Waals surface area (Å²) in [7, 11) is 0. The van der Waals surface area contributed by atoms with Crippen LogP contribution in [0.3, 0.4) is 0 Å². The van der Waals surface area contributed by atoms with E-state index in [9.17, 15) is 4.39 Å². The molecule has 1 aromatic heterocycles. The van der Waals surface area contributed by atoms with Gasteiger partial charge in [0.15, 0.2) is 0 Å². The van der Waals surface area contributed by atoms with Gasteiger partial charge in [-0.05, 0) is 42.4 Å². The summed E-state index contributed by atoms with van der Waals surface area (Å²) in [6.07, 6.45) is 2.14. The summed E-state index contributed by atoms with van der Waals surface area (Å²) in [5.74, 6) is -0.131. The van der Waals surface area contributed by atoms with Gasteiger partial charge in [-0.15, -0.1) is 0 Å². The molecule has 1 aromatic carbocycles. The molecule has 1 fully saturated rings. The summed E-state index contributed by atoms with van der Waals surface area (Å²) in [4.78, 5) is 6.20. The second-order valence-electron chi connectivity index (χ2n) is 6.27. The molecule has 0 radical (unpaired) electrons. The highest BCUT2D eigenvalue weighted by Gasteiger charge is 2.29. The van der Waals surface area contributed by atoms with Crippen molar-refractivity contribution in [2.24, 2.45) is 0 Å². The highest BCUT2D eigenvalue weighted by molar-refractivity contribution is 7.99. The van der Waals surface area contributed by atoms with Crippen molar-refractivity contribution in [3.05, 3.63) is 47.9 Å². The minimum Gasteiger partial charge on any atom is -0.341 e. The third-order valence-electron chi connectivity index (χ3n) is 5.00. The lowest BCUT2D eigenvalue weighted by molar-refractivity contribution is 0.0894. The molecule has 0 unspecified atom stereocenters. The summed E-state index contributed by atoms with van der Waals surface area (Å²) >= 11 is 1.75. The Morgan fingerprint density at radius 3 is 2.78 bits per heavy atom. The average molecular weight is 331 g/mol. The predicted molar refractivity (Wildman–Crippen MR) is 91.4 cm³/mol. The number of halogens is 1. The first kappa shape index (κ1) is 15.2. The number of hydrogen-bond donors (Lipinski definition) is 0. The Labute approximate surface area is 141 Å². The summed E-state index contributed by atoms with van der Waals surface area (Å²) in [5.41, 5.74) is 1.14. The smallest absolute Gasteiger partial charge is 0.123 e. The number of fused-ring (bicyclic) bond motifs is 2. The molecule has 2 aromatic rings. The van der Waals surface area contributed by atoms with Crippen LogP contribution in [0.4, 0.5) is 4.39 Å². The number of hydrogen-bond acceptors (Lipinski definition) is 3. The van der Waals surface area contributed by atoms with Gasteiger partial charge in [0.25, 0.3) is 0 Å². The second-order valence-corrected chi connectivity index (χ2v) is 7.33. The van der Waals surface area contributed by atoms with Crippen molar-refractivity contribution < 1.29 is 4.39 Å². The molecule has 2 aliphatic heterocycles. The highest BCUT2D eigenvalue weighted by Crippen LogP contribution is 2.40. The molecule has 3 heterocycles. The number of nitrogens with zero attached hydrogens (tertiary/aromatic N) is 3. The Bertz CT molecular complexity index is 691. The van der Waals surface area contributed by atoms with Gasteiger partial charge in [-0.1, -0.05) is 18.7 Å². The molecule has 0 N–H and O–H groups in total. The van der Waals surface area contributed by atoms with Crippen molar-refractivity contribution >= 4 is 11.8 Å². The van der Waals surface area contributed by atoms with Gasteiger partial charge in [0.2, 0.25) is 0 Å². The molecule has 0 saturated carbocycles. The first-order valence-electron chi connectivity index (χ1n) is 8.33. The summed E-state index contributed by atoms with van der Waals surface area (Å²) in [6, 6.07) is 9.76. The van der Waals surface area contributed by atoms with Gasteiger partial charge in [-0.2, -0.15) is 0 Å². The standard InChI is InChI=1S/C18H22FN3S/c1-2-20-8-10-21(11-9-20)16-13-22-7-3-4-18(22)23-17-6-5-14(19)12-15(16)17/h3-7,12,16H,2,8-11,13H2,1H3/t16-/m0/s1. The minimum atomic E-state index is -0.131. The van der Waals surface area contributed by atoms with Gasteiger partial charge in [-0.3, -0.25) is 4.90 Å². The van der Waals surface area contributed by atoms with Crippen LogP contribution in [-0.4, -0.2) is 47.1 Å². The molecule has 3 nitrogen and oxygen atoms in total. The van der Waals surface area contributed by atoms with Gasteiger partial charge < -0.3 is 9.47 Å². The van der Waals surface area contributed by atoms with Crippen LogP contribution in [0.25, 0.3) is 0 Å². The molecular formula is C18H22FN3S. The van der Waals surface area contributed by atoms with Crippen LogP contribution in [0.5, 0.6) is 0 Å². The molecule has 0 amide bonds. The SMILES string of the molecule is CCN1CCN([C@H]2Cn3cccc3Sc3ccc(F)cc32)CC1. The maximum atomic E-state index is 13.9. The van der Waals surface area contributed by atoms with Crippen LogP contribution in [0, 0.1) is 5.82 Å². The molecule has 2 aliphatic rings. The van der Waals surface area contributed by atoms with E-state index in [0.717, 1.165) is 44.8 Å². The van der Waals surface area contributed by atoms with Gasteiger partial charge in [0.1, 0.15) is 5.82 Å². The fraction of sp³-hybridized carbons (Fsp3) is 0.444. The van der Waals surface area contributed by atoms with Gasteiger partial charge >= 0.3 is 0 Å². The topological polar surface area (TPSA) is 11.4 Å². The molecule has 1 atom stereocenters. The van der Waals surface area contributed by atoms with E-state index in [4.69, 9.17) is 0 Å². The van der Waals surface area contributed by atoms with Crippen LogP contribution in [0.1, 0.15) is 18.5 Å². The van der Waals surface area contributed by atoms with E-state index >= 15 is 0 Å². The average Bonchev–Trinajstić information content (AvgIpc) is 2.95. The molecule has 122 valence electrons. The molecule has 0 aliphatic carbocycles. The second kappa shape index (κ2) is 6.30. The van der Waals surface area contributed by atoms with Crippen molar-refractivity contribution in [3.63, 3.8) is 0 Å². The third-order valence-corrected chi connectivity index (χ3v) is 6.17. The first-order valence-corrected chi connectivity index (χ1v) is 9.15. The van der Waals surface area contributed by atoms with E-state index in [1.165, 1.54) is 9.92 Å². The normalized spacial score (nSPS) is 22.4. The molecule has 4 rings (SSSR count). The number of piperazine rings is 1. The Morgan fingerprint density at radius 2 is 2.00 bits per heavy atom. The van der Waals surface area contributed by atoms with Crippen LogP contribution in [0.15, 0.2) is 46.5 Å². The number of likely N-dealkylation sites (N-methyl/N-ethyl adjacent to an activating group) is 1. The number of rotatable bonds is 2. The van der Waals surface area contributed by atoms with E-state index in [1.54, 1.807) is 23.9 Å². The lowest BCUT2D eigenvalue weighted by Gasteiger charge is -2.39. The van der Waals surface area contributed by atoms with Crippen molar-refractivity contribution in [3.8, 4) is 0 Å². The van der Waals surface area contributed by atoms with E-state index in [1.807, 2.05) is 6.07 Å². The fourth-order valence-electron chi connectivity index (χ4n) is 3.62. The van der Waals surface area contributed by atoms with Crippen LogP contribution < -0.4 is 0 Å². The number of benzene rings is 1. The lowest BCUT2D eigenvalue weighted by atomic mass is 10.0. The predicted octanol–water partition coefficient (Wildman–Crippen LogP) is 3.47. The summed E-state index contributed by atoms with van der Waals surface area (Å²) in [6.45, 7) is 8.53. The zero-order valence-corrected chi connectivity index (χ0v) is 14.2. The highest BCUT2D eigenvalue weighted by atomic mass is 32.2. The van der Waals surface area contributed by atoms with E-state index < -0.39 is 0 Å². The Kier molecular flexibility index (Phi) is 4.18. The summed E-state index contributed by atoms with van der Waals surface area (Å²) < 4.78 is 16.2. The fourth-order valence-corrected chi connectivity index (χ4v) is 4.69. The molecular weight excluding hydrogens is 309 g/mol. The molecule has 1 saturated heterocycles. The van der Waals surface area contributed by atoms with Crippen molar-refractivity contribution in [2.45, 2.75) is 29.4 Å². The van der Waals surface area contributed by atoms with Crippen LogP contribution in [0.2, 0.25) is 0 Å². The molecule has 23 heavy (non-hydrogen) atoms. The lowest BCUT2D eigenvalue weighted by Crippen LogP contribution is -2.48. The Balaban J connectivity index is 1.69. The Morgan fingerprint density at radius 1 is 1.17 bits per heavy atom. The zero-order chi connectivity index (χ0) is 15.8. The van der Waals surface area contributed by atoms with Crippen molar-refractivity contribution in [1.29, 1.82) is 0 Å². The Hall–Kier alpha value is -1.30. The van der Waals surface area contributed by atoms with E-state index in [-0.39, 0.29) is 11.9 Å². The van der Waals surface area contributed by atoms with Crippen LogP contribution >= 0.6 is 11.8 Å². The molecule has 0 bridgehead atoms. The quantitative estimate of drug-likeness (QED) is 0.835. The monoisotopic (exact) mass is 331 g/mol. The van der Waals surface area contributed by atoms with Gasteiger partial charge in [-0.25, -0.2) is 4.39 Å². The third kappa shape index (κ3) is 2.93. The van der Waals surface area contributed by atoms with Crippen LogP contribution in [-0.2, 0) is 6.54 Å². The summed E-state index contributed by atoms with van der Waals surface area (Å²) in [5, 5.41) is 1.24. The molecule has 0 spiro atoms.